The maximum Gasteiger partial charge on any atom is 0.202 e. The van der Waals surface area contributed by atoms with Gasteiger partial charge in [-0.25, -0.2) is 0 Å². The van der Waals surface area contributed by atoms with Crippen LogP contribution in [0.3, 0.4) is 0 Å². The van der Waals surface area contributed by atoms with E-state index in [0.29, 0.717) is 22.9 Å². The summed E-state index contributed by atoms with van der Waals surface area (Å²) in [4.78, 5) is 12.7. The number of rotatable bonds is 6. The highest BCUT2D eigenvalue weighted by Crippen LogP contribution is 2.27. The van der Waals surface area contributed by atoms with Crippen molar-refractivity contribution in [2.24, 2.45) is 0 Å². The SMILES string of the molecule is Cc1cc(Cl)cc(C)c1OCC(=O)c1cc(C)n(Cc2ccco2)c1C. The van der Waals surface area contributed by atoms with Gasteiger partial charge < -0.3 is 13.7 Å². The first-order chi connectivity index (χ1) is 12.4. The van der Waals surface area contributed by atoms with Crippen LogP contribution in [0.2, 0.25) is 5.02 Å². The molecular weight excluding hydrogens is 350 g/mol. The average Bonchev–Trinajstić information content (AvgIpc) is 3.17. The van der Waals surface area contributed by atoms with Gasteiger partial charge in [-0.2, -0.15) is 0 Å². The summed E-state index contributed by atoms with van der Waals surface area (Å²) < 4.78 is 13.3. The monoisotopic (exact) mass is 371 g/mol. The number of benzene rings is 1. The van der Waals surface area contributed by atoms with E-state index in [2.05, 4.69) is 4.57 Å². The van der Waals surface area contributed by atoms with Gasteiger partial charge >= 0.3 is 0 Å². The van der Waals surface area contributed by atoms with Crippen LogP contribution < -0.4 is 4.74 Å². The molecule has 0 saturated carbocycles. The van der Waals surface area contributed by atoms with Crippen LogP contribution >= 0.6 is 11.6 Å². The zero-order chi connectivity index (χ0) is 18.8. The van der Waals surface area contributed by atoms with Crippen molar-refractivity contribution in [1.29, 1.82) is 0 Å². The van der Waals surface area contributed by atoms with Gasteiger partial charge in [0.1, 0.15) is 11.5 Å². The number of aryl methyl sites for hydroxylation is 3. The molecule has 0 radical (unpaired) electrons. The zero-order valence-corrected chi connectivity index (χ0v) is 16.2. The van der Waals surface area contributed by atoms with Crippen LogP contribution in [0.4, 0.5) is 0 Å². The fourth-order valence-electron chi connectivity index (χ4n) is 3.23. The van der Waals surface area contributed by atoms with Crippen LogP contribution in [0, 0.1) is 27.7 Å². The molecule has 0 spiro atoms. The van der Waals surface area contributed by atoms with Gasteiger partial charge in [0, 0.05) is 22.0 Å². The Kier molecular flexibility index (Phi) is 5.23. The molecule has 0 unspecified atom stereocenters. The Morgan fingerprint density at radius 2 is 1.85 bits per heavy atom. The third kappa shape index (κ3) is 3.70. The number of hydrogen-bond donors (Lipinski definition) is 0. The molecule has 1 aromatic carbocycles. The molecule has 3 aromatic rings. The van der Waals surface area contributed by atoms with E-state index in [1.54, 1.807) is 6.26 Å². The van der Waals surface area contributed by atoms with E-state index in [-0.39, 0.29) is 12.4 Å². The lowest BCUT2D eigenvalue weighted by Gasteiger charge is -2.12. The van der Waals surface area contributed by atoms with Crippen LogP contribution in [0.25, 0.3) is 0 Å². The second-order valence-electron chi connectivity index (χ2n) is 6.53. The van der Waals surface area contributed by atoms with Crippen molar-refractivity contribution < 1.29 is 13.9 Å². The number of aromatic nitrogens is 1. The molecule has 26 heavy (non-hydrogen) atoms. The van der Waals surface area contributed by atoms with E-state index >= 15 is 0 Å². The fourth-order valence-corrected chi connectivity index (χ4v) is 3.55. The second kappa shape index (κ2) is 7.42. The van der Waals surface area contributed by atoms with Gasteiger partial charge in [0.15, 0.2) is 6.61 Å². The number of hydrogen-bond acceptors (Lipinski definition) is 3. The summed E-state index contributed by atoms with van der Waals surface area (Å²) in [6.07, 6.45) is 1.65. The van der Waals surface area contributed by atoms with E-state index in [0.717, 1.165) is 28.3 Å². The number of Topliss-reactive ketones (excluding diaryl/α,β-unsaturated/α-hetero) is 1. The van der Waals surface area contributed by atoms with Crippen molar-refractivity contribution in [3.8, 4) is 5.75 Å². The van der Waals surface area contributed by atoms with Gasteiger partial charge in [-0.15, -0.1) is 0 Å². The van der Waals surface area contributed by atoms with Crippen LogP contribution in [0.1, 0.15) is 38.6 Å². The van der Waals surface area contributed by atoms with Crippen LogP contribution in [0.15, 0.2) is 41.0 Å². The Labute approximate surface area is 158 Å². The number of ether oxygens (including phenoxy) is 1. The lowest BCUT2D eigenvalue weighted by Crippen LogP contribution is -2.14. The fraction of sp³-hybridized carbons (Fsp3) is 0.286. The summed E-state index contributed by atoms with van der Waals surface area (Å²) >= 11 is 6.05. The second-order valence-corrected chi connectivity index (χ2v) is 6.97. The molecular formula is C21H22ClNO3. The molecule has 0 aliphatic rings. The standard InChI is InChI=1S/C21H22ClNO3/c1-13-8-17(22)9-14(2)21(13)26-12-20(24)19-10-15(3)23(16(19)4)11-18-6-5-7-25-18/h5-10H,11-12H2,1-4H3. The van der Waals surface area contributed by atoms with Gasteiger partial charge in [-0.05, 0) is 69.2 Å². The first-order valence-corrected chi connectivity index (χ1v) is 8.86. The van der Waals surface area contributed by atoms with Gasteiger partial charge in [0.2, 0.25) is 5.78 Å². The number of halogens is 1. The summed E-state index contributed by atoms with van der Waals surface area (Å²) in [6.45, 7) is 8.38. The zero-order valence-electron chi connectivity index (χ0n) is 15.4. The van der Waals surface area contributed by atoms with Crippen molar-refractivity contribution in [3.05, 3.63) is 75.5 Å². The molecule has 2 heterocycles. The number of ketones is 1. The molecule has 136 valence electrons. The minimum atomic E-state index is -0.0439. The topological polar surface area (TPSA) is 44.4 Å². The van der Waals surface area contributed by atoms with Crippen LogP contribution in [-0.2, 0) is 6.54 Å². The van der Waals surface area contributed by atoms with E-state index in [4.69, 9.17) is 20.8 Å². The minimum absolute atomic E-state index is 0.00560. The number of nitrogens with zero attached hydrogens (tertiary/aromatic N) is 1. The Hall–Kier alpha value is -2.46. The molecule has 0 aliphatic carbocycles. The maximum absolute atomic E-state index is 12.7. The summed E-state index contributed by atoms with van der Waals surface area (Å²) in [6, 6.07) is 9.37. The normalized spacial score (nSPS) is 11.0. The first kappa shape index (κ1) is 18.3. The largest absolute Gasteiger partial charge is 0.485 e. The molecule has 0 aliphatic heterocycles. The Balaban J connectivity index is 1.77. The summed E-state index contributed by atoms with van der Waals surface area (Å²) in [7, 11) is 0. The Morgan fingerprint density at radius 1 is 1.15 bits per heavy atom. The summed E-state index contributed by atoms with van der Waals surface area (Å²) in [5.41, 5.74) is 4.45. The number of carbonyl (C=O) groups is 1. The van der Waals surface area contributed by atoms with Crippen molar-refractivity contribution in [3.63, 3.8) is 0 Å². The molecule has 0 saturated heterocycles. The average molecular weight is 372 g/mol. The van der Waals surface area contributed by atoms with Crippen molar-refractivity contribution in [2.45, 2.75) is 34.2 Å². The van der Waals surface area contributed by atoms with Gasteiger partial charge in [-0.1, -0.05) is 11.6 Å². The van der Waals surface area contributed by atoms with Crippen molar-refractivity contribution in [1.82, 2.24) is 4.57 Å². The molecule has 4 nitrogen and oxygen atoms in total. The molecule has 0 bridgehead atoms. The Bertz CT molecular complexity index is 916. The van der Waals surface area contributed by atoms with Gasteiger partial charge in [-0.3, -0.25) is 4.79 Å². The van der Waals surface area contributed by atoms with Crippen molar-refractivity contribution >= 4 is 17.4 Å². The highest BCUT2D eigenvalue weighted by Gasteiger charge is 2.18. The third-order valence-electron chi connectivity index (χ3n) is 4.54. The number of carbonyl (C=O) groups excluding carboxylic acids is 1. The van der Waals surface area contributed by atoms with E-state index in [1.165, 1.54) is 0 Å². The van der Waals surface area contributed by atoms with Gasteiger partial charge in [0.25, 0.3) is 0 Å². The predicted molar refractivity (Wildman–Crippen MR) is 102 cm³/mol. The lowest BCUT2D eigenvalue weighted by molar-refractivity contribution is 0.0920. The molecule has 0 amide bonds. The van der Waals surface area contributed by atoms with E-state index in [9.17, 15) is 4.79 Å². The van der Waals surface area contributed by atoms with Crippen LogP contribution in [0.5, 0.6) is 5.75 Å². The quantitative estimate of drug-likeness (QED) is 0.554. The lowest BCUT2D eigenvalue weighted by atomic mass is 10.1. The summed E-state index contributed by atoms with van der Waals surface area (Å²) in [5.74, 6) is 1.53. The number of furan rings is 1. The molecule has 0 N–H and O–H groups in total. The summed E-state index contributed by atoms with van der Waals surface area (Å²) in [5, 5.41) is 0.667. The predicted octanol–water partition coefficient (Wildman–Crippen LogP) is 5.28. The van der Waals surface area contributed by atoms with Crippen LogP contribution in [-0.4, -0.2) is 17.0 Å². The molecule has 0 fully saturated rings. The highest BCUT2D eigenvalue weighted by atomic mass is 35.5. The maximum atomic E-state index is 12.7. The minimum Gasteiger partial charge on any atom is -0.485 e. The highest BCUT2D eigenvalue weighted by molar-refractivity contribution is 6.30. The van der Waals surface area contributed by atoms with Gasteiger partial charge in [0.05, 0.1) is 12.8 Å². The first-order valence-electron chi connectivity index (χ1n) is 8.48. The Morgan fingerprint density at radius 3 is 2.46 bits per heavy atom. The molecule has 2 aromatic heterocycles. The molecule has 5 heteroatoms. The van der Waals surface area contributed by atoms with E-state index in [1.807, 2.05) is 58.0 Å². The van der Waals surface area contributed by atoms with E-state index < -0.39 is 0 Å². The molecule has 3 rings (SSSR count). The molecule has 0 atom stereocenters. The van der Waals surface area contributed by atoms with Crippen molar-refractivity contribution in [2.75, 3.05) is 6.61 Å². The third-order valence-corrected chi connectivity index (χ3v) is 4.76. The smallest absolute Gasteiger partial charge is 0.202 e.